The molecule has 0 radical (unpaired) electrons. The maximum Gasteiger partial charge on any atom is 0.0230 e. The lowest BCUT2D eigenvalue weighted by Gasteiger charge is -2.19. The van der Waals surface area contributed by atoms with Crippen molar-refractivity contribution in [2.45, 2.75) is 58.2 Å². The highest BCUT2D eigenvalue weighted by atomic mass is 15.0. The molecule has 2 heteroatoms. The van der Waals surface area contributed by atoms with Crippen LogP contribution in [0.3, 0.4) is 0 Å². The number of hydrogen-bond acceptors (Lipinski definition) is 2. The van der Waals surface area contributed by atoms with E-state index in [2.05, 4.69) is 55.5 Å². The number of hydrogen-bond donors (Lipinski definition) is 1. The van der Waals surface area contributed by atoms with Crippen LogP contribution >= 0.6 is 0 Å². The molecule has 1 aliphatic carbocycles. The smallest absolute Gasteiger partial charge is 0.0230 e. The maximum absolute atomic E-state index is 3.79. The van der Waals surface area contributed by atoms with Gasteiger partial charge in [-0.05, 0) is 50.4 Å². The summed E-state index contributed by atoms with van der Waals surface area (Å²) in [6.45, 7) is 4.44. The second-order valence-corrected chi connectivity index (χ2v) is 6.70. The summed E-state index contributed by atoms with van der Waals surface area (Å²) in [6.07, 6.45) is 6.88. The number of benzene rings is 1. The molecule has 0 saturated heterocycles. The molecule has 2 unspecified atom stereocenters. The van der Waals surface area contributed by atoms with E-state index >= 15 is 0 Å². The van der Waals surface area contributed by atoms with Crippen LogP contribution in [0.1, 0.15) is 50.2 Å². The summed E-state index contributed by atoms with van der Waals surface area (Å²) in [5.74, 6) is 0.919. The Bertz CT molecular complexity index is 400. The van der Waals surface area contributed by atoms with Crippen molar-refractivity contribution in [3.05, 3.63) is 35.4 Å². The Morgan fingerprint density at radius 2 is 1.80 bits per heavy atom. The number of nitrogens with one attached hydrogen (secondary N) is 1. The van der Waals surface area contributed by atoms with Gasteiger partial charge in [-0.1, -0.05) is 44.0 Å². The summed E-state index contributed by atoms with van der Waals surface area (Å²) in [6, 6.07) is 9.55. The molecule has 20 heavy (non-hydrogen) atoms. The largest absolute Gasteiger partial charge is 0.310 e. The lowest BCUT2D eigenvalue weighted by molar-refractivity contribution is 0.398. The molecule has 0 spiro atoms. The Morgan fingerprint density at radius 3 is 2.55 bits per heavy atom. The third kappa shape index (κ3) is 4.92. The third-order valence-electron chi connectivity index (χ3n) is 4.44. The molecule has 1 fully saturated rings. The Morgan fingerprint density at radius 1 is 1.05 bits per heavy atom. The summed E-state index contributed by atoms with van der Waals surface area (Å²) in [4.78, 5) is 2.24. The second-order valence-electron chi connectivity index (χ2n) is 6.70. The van der Waals surface area contributed by atoms with E-state index in [0.29, 0.717) is 6.04 Å². The average Bonchev–Trinajstić information content (AvgIpc) is 2.62. The van der Waals surface area contributed by atoms with Gasteiger partial charge in [-0.15, -0.1) is 0 Å². The van der Waals surface area contributed by atoms with E-state index in [9.17, 15) is 0 Å². The molecule has 0 heterocycles. The van der Waals surface area contributed by atoms with E-state index in [1.165, 1.54) is 43.2 Å². The zero-order valence-corrected chi connectivity index (χ0v) is 13.4. The molecular formula is C18H30N2. The second kappa shape index (κ2) is 7.80. The molecule has 1 aliphatic rings. The zero-order valence-electron chi connectivity index (χ0n) is 13.4. The summed E-state index contributed by atoms with van der Waals surface area (Å²) >= 11 is 0. The van der Waals surface area contributed by atoms with Gasteiger partial charge in [0.1, 0.15) is 0 Å². The quantitative estimate of drug-likeness (QED) is 0.821. The highest BCUT2D eigenvalue weighted by Crippen LogP contribution is 2.23. The molecule has 1 N–H and O–H groups in total. The lowest BCUT2D eigenvalue weighted by Crippen LogP contribution is -2.28. The van der Waals surface area contributed by atoms with Gasteiger partial charge in [0.2, 0.25) is 0 Å². The molecular weight excluding hydrogens is 244 g/mol. The Labute approximate surface area is 124 Å². The van der Waals surface area contributed by atoms with Crippen molar-refractivity contribution >= 4 is 0 Å². The van der Waals surface area contributed by atoms with Crippen LogP contribution in [-0.4, -0.2) is 25.0 Å². The van der Waals surface area contributed by atoms with Gasteiger partial charge in [0, 0.05) is 19.1 Å². The molecule has 1 saturated carbocycles. The first kappa shape index (κ1) is 15.5. The van der Waals surface area contributed by atoms with Crippen LogP contribution in [0.5, 0.6) is 0 Å². The molecule has 2 rings (SSSR count). The van der Waals surface area contributed by atoms with Crippen LogP contribution in [0.15, 0.2) is 24.3 Å². The molecule has 1 aromatic rings. The predicted molar refractivity (Wildman–Crippen MR) is 86.7 cm³/mol. The van der Waals surface area contributed by atoms with Crippen LogP contribution in [0.25, 0.3) is 0 Å². The van der Waals surface area contributed by atoms with Gasteiger partial charge >= 0.3 is 0 Å². The maximum atomic E-state index is 3.79. The van der Waals surface area contributed by atoms with Crippen molar-refractivity contribution in [1.82, 2.24) is 10.2 Å². The van der Waals surface area contributed by atoms with Crippen LogP contribution in [-0.2, 0) is 13.1 Å². The summed E-state index contributed by atoms with van der Waals surface area (Å²) < 4.78 is 0. The summed E-state index contributed by atoms with van der Waals surface area (Å²) in [5.41, 5.74) is 2.91. The lowest BCUT2D eigenvalue weighted by atomic mass is 10.0. The fraction of sp³-hybridized carbons (Fsp3) is 0.667. The Kier molecular flexibility index (Phi) is 6.06. The first-order valence-electron chi connectivity index (χ1n) is 8.10. The minimum absolute atomic E-state index is 0.715. The van der Waals surface area contributed by atoms with E-state index in [4.69, 9.17) is 0 Å². The van der Waals surface area contributed by atoms with Crippen molar-refractivity contribution in [2.75, 3.05) is 14.1 Å². The van der Waals surface area contributed by atoms with Gasteiger partial charge in [0.05, 0.1) is 0 Å². The number of nitrogens with zero attached hydrogens (tertiary/aromatic N) is 1. The van der Waals surface area contributed by atoms with E-state index in [1.54, 1.807) is 0 Å². The van der Waals surface area contributed by atoms with Gasteiger partial charge in [-0.25, -0.2) is 0 Å². The normalized spacial score (nSPS) is 23.8. The predicted octanol–water partition coefficient (Wildman–Crippen LogP) is 3.81. The van der Waals surface area contributed by atoms with Crippen LogP contribution < -0.4 is 5.32 Å². The van der Waals surface area contributed by atoms with Gasteiger partial charge in [-0.2, -0.15) is 0 Å². The van der Waals surface area contributed by atoms with E-state index in [0.717, 1.165) is 19.0 Å². The molecule has 1 aromatic carbocycles. The molecule has 0 amide bonds. The summed E-state index contributed by atoms with van der Waals surface area (Å²) in [5, 5.41) is 3.79. The highest BCUT2D eigenvalue weighted by molar-refractivity contribution is 5.27. The van der Waals surface area contributed by atoms with Gasteiger partial charge in [-0.3, -0.25) is 0 Å². The van der Waals surface area contributed by atoms with Crippen LogP contribution in [0.4, 0.5) is 0 Å². The Balaban J connectivity index is 1.90. The van der Waals surface area contributed by atoms with Gasteiger partial charge in [0.25, 0.3) is 0 Å². The van der Waals surface area contributed by atoms with Gasteiger partial charge in [0.15, 0.2) is 0 Å². The fourth-order valence-electron chi connectivity index (χ4n) is 3.17. The molecule has 2 atom stereocenters. The third-order valence-corrected chi connectivity index (χ3v) is 4.44. The number of rotatable bonds is 5. The van der Waals surface area contributed by atoms with Crippen molar-refractivity contribution in [3.63, 3.8) is 0 Å². The van der Waals surface area contributed by atoms with Crippen LogP contribution in [0, 0.1) is 5.92 Å². The van der Waals surface area contributed by atoms with Crippen molar-refractivity contribution < 1.29 is 0 Å². The summed E-state index contributed by atoms with van der Waals surface area (Å²) in [7, 11) is 4.27. The van der Waals surface area contributed by atoms with Gasteiger partial charge < -0.3 is 10.2 Å². The minimum Gasteiger partial charge on any atom is -0.310 e. The van der Waals surface area contributed by atoms with Crippen molar-refractivity contribution in [2.24, 2.45) is 5.92 Å². The fourth-order valence-corrected chi connectivity index (χ4v) is 3.17. The standard InChI is InChI=1S/C18H30N2/c1-15-7-6-10-18(12-11-15)19-13-16-8-4-5-9-17(16)14-20(2)3/h4-5,8-9,15,18-19H,6-7,10-14H2,1-3H3. The molecule has 2 nitrogen and oxygen atoms in total. The SMILES string of the molecule is CC1CCCC(NCc2ccccc2CN(C)C)CC1. The van der Waals surface area contributed by atoms with E-state index in [-0.39, 0.29) is 0 Å². The average molecular weight is 274 g/mol. The van der Waals surface area contributed by atoms with Crippen molar-refractivity contribution in [3.8, 4) is 0 Å². The van der Waals surface area contributed by atoms with E-state index < -0.39 is 0 Å². The topological polar surface area (TPSA) is 15.3 Å². The molecule has 0 aromatic heterocycles. The zero-order chi connectivity index (χ0) is 14.4. The molecule has 112 valence electrons. The first-order valence-corrected chi connectivity index (χ1v) is 8.10. The monoisotopic (exact) mass is 274 g/mol. The minimum atomic E-state index is 0.715. The Hall–Kier alpha value is -0.860. The van der Waals surface area contributed by atoms with Crippen LogP contribution in [0.2, 0.25) is 0 Å². The first-order chi connectivity index (χ1) is 9.65. The molecule has 0 bridgehead atoms. The van der Waals surface area contributed by atoms with E-state index in [1.807, 2.05) is 0 Å². The van der Waals surface area contributed by atoms with Crippen molar-refractivity contribution in [1.29, 1.82) is 0 Å². The highest BCUT2D eigenvalue weighted by Gasteiger charge is 2.15. The molecule has 0 aliphatic heterocycles.